The maximum absolute atomic E-state index is 10.1. The molecule has 0 aromatic heterocycles. The van der Waals surface area contributed by atoms with E-state index in [1.54, 1.807) is 0 Å². The molecule has 11 heavy (non-hydrogen) atoms. The molecule has 4 nitrogen and oxygen atoms in total. The summed E-state index contributed by atoms with van der Waals surface area (Å²) in [7, 11) is 3.82. The highest BCUT2D eigenvalue weighted by molar-refractivity contribution is 5.71. The predicted octanol–water partition coefficient (Wildman–Crippen LogP) is -0.226. The van der Waals surface area contributed by atoms with Gasteiger partial charge < -0.3 is 15.1 Å². The molecule has 0 spiro atoms. The van der Waals surface area contributed by atoms with Crippen LogP contribution >= 0.6 is 0 Å². The van der Waals surface area contributed by atoms with Gasteiger partial charge in [-0.2, -0.15) is 0 Å². The second kappa shape index (κ2) is 5.09. The summed E-state index contributed by atoms with van der Waals surface area (Å²) < 4.78 is 0. The number of nitrogens with zero attached hydrogens (tertiary/aromatic N) is 1. The van der Waals surface area contributed by atoms with E-state index in [1.165, 1.54) is 0 Å². The van der Waals surface area contributed by atoms with Crippen LogP contribution in [0.15, 0.2) is 0 Å². The Morgan fingerprint density at radius 2 is 2.09 bits per heavy atom. The van der Waals surface area contributed by atoms with Gasteiger partial charge in [0.1, 0.15) is 0 Å². The zero-order valence-electron chi connectivity index (χ0n) is 6.95. The second-order valence-electron chi connectivity index (χ2n) is 2.80. The van der Waals surface area contributed by atoms with Crippen LogP contribution in [0, 0.1) is 0 Å². The van der Waals surface area contributed by atoms with Crippen LogP contribution in [-0.4, -0.2) is 47.8 Å². The van der Waals surface area contributed by atoms with Crippen molar-refractivity contribution in [2.24, 2.45) is 0 Å². The van der Waals surface area contributed by atoms with Gasteiger partial charge in [-0.3, -0.25) is 0 Å². The zero-order valence-corrected chi connectivity index (χ0v) is 6.95. The second-order valence-corrected chi connectivity index (χ2v) is 2.80. The maximum atomic E-state index is 10.1. The molecule has 4 heteroatoms. The first-order chi connectivity index (χ1) is 5.04. The lowest BCUT2D eigenvalue weighted by molar-refractivity contribution is -0.146. The molecule has 0 radical (unpaired) electrons. The highest BCUT2D eigenvalue weighted by Gasteiger charge is 2.11. The molecule has 0 aliphatic carbocycles. The number of hydrogen-bond donors (Lipinski definition) is 2. The van der Waals surface area contributed by atoms with Crippen molar-refractivity contribution in [1.29, 1.82) is 0 Å². The third-order valence-electron chi connectivity index (χ3n) is 1.37. The Morgan fingerprint density at radius 3 is 2.45 bits per heavy atom. The van der Waals surface area contributed by atoms with Crippen LogP contribution in [0.1, 0.15) is 12.8 Å². The lowest BCUT2D eigenvalue weighted by atomic mass is 10.2. The van der Waals surface area contributed by atoms with Crippen LogP contribution < -0.4 is 0 Å². The van der Waals surface area contributed by atoms with Crippen molar-refractivity contribution in [2.45, 2.75) is 18.9 Å². The van der Waals surface area contributed by atoms with Crippen LogP contribution in [0.3, 0.4) is 0 Å². The number of hydrogen-bond acceptors (Lipinski definition) is 3. The topological polar surface area (TPSA) is 60.8 Å². The Balaban J connectivity index is 3.31. The molecule has 66 valence electrons. The lowest BCUT2D eigenvalue weighted by Crippen LogP contribution is -2.21. The van der Waals surface area contributed by atoms with E-state index >= 15 is 0 Å². The van der Waals surface area contributed by atoms with Gasteiger partial charge in [0.2, 0.25) is 0 Å². The Morgan fingerprint density at radius 1 is 1.55 bits per heavy atom. The number of aliphatic hydroxyl groups excluding tert-OH is 1. The van der Waals surface area contributed by atoms with Crippen LogP contribution in [-0.2, 0) is 4.79 Å². The minimum absolute atomic E-state index is 0.327. The summed E-state index contributed by atoms with van der Waals surface area (Å²) in [5.41, 5.74) is 0. The fourth-order valence-corrected chi connectivity index (χ4v) is 0.724. The molecule has 2 N–H and O–H groups in total. The van der Waals surface area contributed by atoms with Crippen molar-refractivity contribution < 1.29 is 15.0 Å². The summed E-state index contributed by atoms with van der Waals surface area (Å²) in [5.74, 6) is -1.14. The fourth-order valence-electron chi connectivity index (χ4n) is 0.724. The van der Waals surface area contributed by atoms with Gasteiger partial charge in [0.15, 0.2) is 6.10 Å². The van der Waals surface area contributed by atoms with Crippen LogP contribution in [0.2, 0.25) is 0 Å². The average Bonchev–Trinajstić information content (AvgIpc) is 1.86. The van der Waals surface area contributed by atoms with Gasteiger partial charge in [0.05, 0.1) is 0 Å². The summed E-state index contributed by atoms with van der Waals surface area (Å²) in [6, 6.07) is 0. The minimum Gasteiger partial charge on any atom is -0.479 e. The third kappa shape index (κ3) is 5.82. The SMILES string of the molecule is CN(C)CCCC(O)C(=O)O. The first kappa shape index (κ1) is 10.4. The van der Waals surface area contributed by atoms with E-state index in [0.717, 1.165) is 6.54 Å². The summed E-state index contributed by atoms with van der Waals surface area (Å²) >= 11 is 0. The largest absolute Gasteiger partial charge is 0.479 e. The quantitative estimate of drug-likeness (QED) is 0.585. The van der Waals surface area contributed by atoms with Crippen molar-refractivity contribution in [2.75, 3.05) is 20.6 Å². The Bertz CT molecular complexity index is 125. The smallest absolute Gasteiger partial charge is 0.332 e. The van der Waals surface area contributed by atoms with E-state index in [0.29, 0.717) is 12.8 Å². The summed E-state index contributed by atoms with van der Waals surface area (Å²) in [5, 5.41) is 17.1. The molecule has 0 saturated carbocycles. The molecule has 0 aromatic rings. The Hall–Kier alpha value is -0.610. The standard InChI is InChI=1S/C7H15NO3/c1-8(2)5-3-4-6(9)7(10)11/h6,9H,3-5H2,1-2H3,(H,10,11). The third-order valence-corrected chi connectivity index (χ3v) is 1.37. The molecule has 0 saturated heterocycles. The van der Waals surface area contributed by atoms with Crippen molar-refractivity contribution >= 4 is 5.97 Å². The zero-order chi connectivity index (χ0) is 8.85. The number of carboxylic acids is 1. The summed E-state index contributed by atoms with van der Waals surface area (Å²) in [6.07, 6.45) is -0.163. The van der Waals surface area contributed by atoms with Crippen molar-refractivity contribution in [3.8, 4) is 0 Å². The van der Waals surface area contributed by atoms with E-state index in [4.69, 9.17) is 10.2 Å². The number of carbonyl (C=O) groups is 1. The van der Waals surface area contributed by atoms with Crippen molar-refractivity contribution in [3.05, 3.63) is 0 Å². The highest BCUT2D eigenvalue weighted by atomic mass is 16.4. The van der Waals surface area contributed by atoms with E-state index < -0.39 is 12.1 Å². The molecular formula is C7H15NO3. The first-order valence-electron chi connectivity index (χ1n) is 3.59. The fraction of sp³-hybridized carbons (Fsp3) is 0.857. The molecule has 0 amide bonds. The average molecular weight is 161 g/mol. The van der Waals surface area contributed by atoms with Crippen LogP contribution in [0.25, 0.3) is 0 Å². The normalized spacial score (nSPS) is 13.5. The molecule has 0 heterocycles. The van der Waals surface area contributed by atoms with Crippen LogP contribution in [0.5, 0.6) is 0 Å². The molecule has 0 aliphatic rings. The minimum atomic E-state index is -1.20. The number of carboxylic acid groups (broad SMARTS) is 1. The molecule has 0 fully saturated rings. The predicted molar refractivity (Wildman–Crippen MR) is 41.4 cm³/mol. The molecular weight excluding hydrogens is 146 g/mol. The van der Waals surface area contributed by atoms with Gasteiger partial charge in [-0.05, 0) is 33.5 Å². The number of rotatable bonds is 5. The Kier molecular flexibility index (Phi) is 4.81. The molecule has 0 aromatic carbocycles. The van der Waals surface area contributed by atoms with Gasteiger partial charge in [0.25, 0.3) is 0 Å². The highest BCUT2D eigenvalue weighted by Crippen LogP contribution is 1.97. The molecule has 1 unspecified atom stereocenters. The molecule has 0 aliphatic heterocycles. The first-order valence-corrected chi connectivity index (χ1v) is 3.59. The van der Waals surface area contributed by atoms with Crippen molar-refractivity contribution in [1.82, 2.24) is 4.90 Å². The van der Waals surface area contributed by atoms with E-state index in [-0.39, 0.29) is 0 Å². The molecule has 0 rings (SSSR count). The monoisotopic (exact) mass is 161 g/mol. The van der Waals surface area contributed by atoms with E-state index in [2.05, 4.69) is 0 Å². The van der Waals surface area contributed by atoms with Gasteiger partial charge in [0, 0.05) is 0 Å². The lowest BCUT2D eigenvalue weighted by Gasteiger charge is -2.09. The molecule has 0 bridgehead atoms. The van der Waals surface area contributed by atoms with Crippen molar-refractivity contribution in [3.63, 3.8) is 0 Å². The maximum Gasteiger partial charge on any atom is 0.332 e. The van der Waals surface area contributed by atoms with E-state index in [1.807, 2.05) is 19.0 Å². The van der Waals surface area contributed by atoms with Gasteiger partial charge in [-0.1, -0.05) is 0 Å². The number of aliphatic carboxylic acids is 1. The Labute approximate surface area is 66.4 Å². The van der Waals surface area contributed by atoms with Gasteiger partial charge in [-0.15, -0.1) is 0 Å². The summed E-state index contributed by atoms with van der Waals surface area (Å²) in [6.45, 7) is 0.810. The summed E-state index contributed by atoms with van der Waals surface area (Å²) in [4.78, 5) is 12.1. The molecule has 1 atom stereocenters. The van der Waals surface area contributed by atoms with Gasteiger partial charge >= 0.3 is 5.97 Å². The van der Waals surface area contributed by atoms with Gasteiger partial charge in [-0.25, -0.2) is 4.79 Å². The van der Waals surface area contributed by atoms with Crippen LogP contribution in [0.4, 0.5) is 0 Å². The number of aliphatic hydroxyl groups is 1. The van der Waals surface area contributed by atoms with E-state index in [9.17, 15) is 4.79 Å².